The predicted octanol–water partition coefficient (Wildman–Crippen LogP) is 0.944. The number of esters is 1. The largest absolute Gasteiger partial charge is 0.468 e. The fraction of sp³-hybridized carbons (Fsp3) is 0.933. The molecule has 0 spiro atoms. The number of carbonyl (C=O) groups is 1. The summed E-state index contributed by atoms with van der Waals surface area (Å²) in [7, 11) is 3.26. The molecule has 1 rings (SSSR count). The van der Waals surface area contributed by atoms with Crippen molar-refractivity contribution in [1.82, 2.24) is 15.1 Å². The van der Waals surface area contributed by atoms with Gasteiger partial charge in [-0.05, 0) is 41.2 Å². The molecule has 5 nitrogen and oxygen atoms in total. The van der Waals surface area contributed by atoms with Crippen molar-refractivity contribution >= 4 is 5.97 Å². The van der Waals surface area contributed by atoms with Crippen LogP contribution in [0.4, 0.5) is 0 Å². The van der Waals surface area contributed by atoms with E-state index in [0.29, 0.717) is 0 Å². The molecule has 1 heterocycles. The molecule has 1 unspecified atom stereocenters. The molecule has 1 aliphatic rings. The van der Waals surface area contributed by atoms with Gasteiger partial charge in [-0.15, -0.1) is 0 Å². The lowest BCUT2D eigenvalue weighted by molar-refractivity contribution is -0.148. The van der Waals surface area contributed by atoms with Crippen molar-refractivity contribution < 1.29 is 9.53 Å². The first-order valence-corrected chi connectivity index (χ1v) is 7.47. The van der Waals surface area contributed by atoms with Crippen LogP contribution in [0.5, 0.6) is 0 Å². The molecule has 1 saturated heterocycles. The topological polar surface area (TPSA) is 44.8 Å². The number of nitrogens with zero attached hydrogens (tertiary/aromatic N) is 2. The van der Waals surface area contributed by atoms with Gasteiger partial charge in [-0.2, -0.15) is 0 Å². The van der Waals surface area contributed by atoms with Gasteiger partial charge in [-0.1, -0.05) is 0 Å². The minimum absolute atomic E-state index is 0.187. The molecular weight excluding hydrogens is 254 g/mol. The van der Waals surface area contributed by atoms with Gasteiger partial charge in [-0.3, -0.25) is 9.69 Å². The highest BCUT2D eigenvalue weighted by atomic mass is 16.5. The van der Waals surface area contributed by atoms with Crippen molar-refractivity contribution in [3.05, 3.63) is 0 Å². The smallest absolute Gasteiger partial charge is 0.325 e. The number of rotatable bonds is 5. The summed E-state index contributed by atoms with van der Waals surface area (Å²) < 4.78 is 4.88. The number of hydrogen-bond acceptors (Lipinski definition) is 5. The van der Waals surface area contributed by atoms with Crippen LogP contribution in [0.3, 0.4) is 0 Å². The third kappa shape index (κ3) is 4.43. The van der Waals surface area contributed by atoms with E-state index in [1.54, 1.807) is 0 Å². The maximum Gasteiger partial charge on any atom is 0.325 e. The van der Waals surface area contributed by atoms with E-state index in [2.05, 4.69) is 35.9 Å². The molecule has 20 heavy (non-hydrogen) atoms. The number of likely N-dealkylation sites (N-methyl/N-ethyl adjacent to an activating group) is 1. The zero-order valence-corrected chi connectivity index (χ0v) is 14.0. The van der Waals surface area contributed by atoms with E-state index < -0.39 is 5.54 Å². The second-order valence-corrected chi connectivity index (χ2v) is 6.82. The van der Waals surface area contributed by atoms with Gasteiger partial charge in [-0.25, -0.2) is 0 Å². The summed E-state index contributed by atoms with van der Waals surface area (Å²) in [6.45, 7) is 13.9. The predicted molar refractivity (Wildman–Crippen MR) is 81.9 cm³/mol. The Bertz CT molecular complexity index is 320. The van der Waals surface area contributed by atoms with Gasteiger partial charge in [0.15, 0.2) is 0 Å². The quantitative estimate of drug-likeness (QED) is 0.762. The molecule has 1 aliphatic heterocycles. The fourth-order valence-electron chi connectivity index (χ4n) is 2.58. The number of ether oxygens (including phenoxy) is 1. The summed E-state index contributed by atoms with van der Waals surface area (Å²) in [6.07, 6.45) is 0.770. The Morgan fingerprint density at radius 2 is 1.70 bits per heavy atom. The van der Waals surface area contributed by atoms with Crippen LogP contribution in [0.2, 0.25) is 0 Å². The number of piperazine rings is 1. The zero-order valence-electron chi connectivity index (χ0n) is 14.0. The molecule has 0 aromatic carbocycles. The van der Waals surface area contributed by atoms with E-state index in [1.165, 1.54) is 7.11 Å². The molecule has 0 aromatic rings. The van der Waals surface area contributed by atoms with Crippen molar-refractivity contribution in [3.63, 3.8) is 0 Å². The molecule has 0 bridgehead atoms. The molecule has 1 fully saturated rings. The highest BCUT2D eigenvalue weighted by molar-refractivity contribution is 5.80. The Kier molecular flexibility index (Phi) is 5.98. The van der Waals surface area contributed by atoms with E-state index in [0.717, 1.165) is 39.1 Å². The lowest BCUT2D eigenvalue weighted by atomic mass is 9.97. The first-order chi connectivity index (χ1) is 9.23. The molecule has 0 saturated carbocycles. The highest BCUT2D eigenvalue weighted by Crippen LogP contribution is 2.17. The Morgan fingerprint density at radius 1 is 1.15 bits per heavy atom. The summed E-state index contributed by atoms with van der Waals surface area (Å²) in [5.74, 6) is -0.187. The number of carbonyl (C=O) groups excluding carboxylic acids is 1. The monoisotopic (exact) mass is 285 g/mol. The highest BCUT2D eigenvalue weighted by Gasteiger charge is 2.33. The summed E-state index contributed by atoms with van der Waals surface area (Å²) in [4.78, 5) is 16.8. The van der Waals surface area contributed by atoms with E-state index >= 15 is 0 Å². The average molecular weight is 285 g/mol. The number of hydrogen-bond donors (Lipinski definition) is 1. The molecule has 1 atom stereocenters. The first-order valence-electron chi connectivity index (χ1n) is 7.47. The summed E-state index contributed by atoms with van der Waals surface area (Å²) >= 11 is 0. The molecule has 0 radical (unpaired) electrons. The molecule has 1 N–H and O–H groups in total. The van der Waals surface area contributed by atoms with E-state index in [1.807, 2.05) is 14.0 Å². The van der Waals surface area contributed by atoms with Gasteiger partial charge in [0, 0.05) is 38.3 Å². The maximum absolute atomic E-state index is 11.8. The molecule has 0 aromatic heterocycles. The van der Waals surface area contributed by atoms with E-state index in [4.69, 9.17) is 4.74 Å². The number of methoxy groups -OCH3 is 1. The van der Waals surface area contributed by atoms with Crippen LogP contribution >= 0.6 is 0 Å². The van der Waals surface area contributed by atoms with Crippen LogP contribution in [0, 0.1) is 0 Å². The van der Waals surface area contributed by atoms with Crippen molar-refractivity contribution in [2.75, 3.05) is 46.9 Å². The first kappa shape index (κ1) is 17.4. The Labute approximate surface area is 123 Å². The second-order valence-electron chi connectivity index (χ2n) is 6.82. The minimum Gasteiger partial charge on any atom is -0.468 e. The summed E-state index contributed by atoms with van der Waals surface area (Å²) in [5, 5.41) is 3.09. The number of nitrogens with one attached hydrogen (secondary N) is 1. The standard InChI is InChI=1S/C15H31N3O2/c1-14(2,3)18-11-9-17(10-12-18)8-7-15(4,16-5)13(19)20-6/h16H,7-12H2,1-6H3. The average Bonchev–Trinajstić information content (AvgIpc) is 2.43. The van der Waals surface area contributed by atoms with Gasteiger partial charge in [0.2, 0.25) is 0 Å². The third-order valence-electron chi connectivity index (χ3n) is 4.44. The molecule has 0 amide bonds. The van der Waals surface area contributed by atoms with Gasteiger partial charge in [0.1, 0.15) is 5.54 Å². The van der Waals surface area contributed by atoms with Crippen LogP contribution < -0.4 is 5.32 Å². The van der Waals surface area contributed by atoms with Crippen molar-refractivity contribution in [3.8, 4) is 0 Å². The summed E-state index contributed by atoms with van der Waals surface area (Å²) in [6, 6.07) is 0. The SMILES string of the molecule is CNC(C)(CCN1CCN(C(C)(C)C)CC1)C(=O)OC. The van der Waals surface area contributed by atoms with Gasteiger partial charge >= 0.3 is 5.97 Å². The van der Waals surface area contributed by atoms with Gasteiger partial charge in [0.05, 0.1) is 7.11 Å². The van der Waals surface area contributed by atoms with Crippen molar-refractivity contribution in [1.29, 1.82) is 0 Å². The lowest BCUT2D eigenvalue weighted by Gasteiger charge is -2.42. The zero-order chi connectivity index (χ0) is 15.4. The second kappa shape index (κ2) is 6.87. The Balaban J connectivity index is 2.43. The lowest BCUT2D eigenvalue weighted by Crippen LogP contribution is -2.55. The van der Waals surface area contributed by atoms with Crippen LogP contribution in [0.25, 0.3) is 0 Å². The van der Waals surface area contributed by atoms with Crippen LogP contribution in [-0.2, 0) is 9.53 Å². The normalized spacial score (nSPS) is 21.5. The third-order valence-corrected chi connectivity index (χ3v) is 4.44. The molecule has 0 aliphatic carbocycles. The molecular formula is C15H31N3O2. The minimum atomic E-state index is -0.587. The molecule has 118 valence electrons. The van der Waals surface area contributed by atoms with Gasteiger partial charge < -0.3 is 15.0 Å². The maximum atomic E-state index is 11.8. The van der Waals surface area contributed by atoms with Crippen molar-refractivity contribution in [2.45, 2.75) is 45.2 Å². The van der Waals surface area contributed by atoms with Crippen LogP contribution in [0.1, 0.15) is 34.1 Å². The fourth-order valence-corrected chi connectivity index (χ4v) is 2.58. The van der Waals surface area contributed by atoms with E-state index in [9.17, 15) is 4.79 Å². The Morgan fingerprint density at radius 3 is 2.10 bits per heavy atom. The van der Waals surface area contributed by atoms with Gasteiger partial charge in [0.25, 0.3) is 0 Å². The van der Waals surface area contributed by atoms with E-state index in [-0.39, 0.29) is 11.5 Å². The molecule has 5 heteroatoms. The van der Waals surface area contributed by atoms with Crippen LogP contribution in [0.15, 0.2) is 0 Å². The van der Waals surface area contributed by atoms with Crippen LogP contribution in [-0.4, -0.2) is 73.7 Å². The van der Waals surface area contributed by atoms with Crippen molar-refractivity contribution in [2.24, 2.45) is 0 Å². The summed E-state index contributed by atoms with van der Waals surface area (Å²) in [5.41, 5.74) is -0.340. The Hall–Kier alpha value is -0.650.